The normalized spacial score (nSPS) is 12.5. The number of hydrogen-bond donors (Lipinski definition) is 1. The van der Waals surface area contributed by atoms with Crippen LogP contribution in [-0.2, 0) is 11.2 Å². The van der Waals surface area contributed by atoms with Gasteiger partial charge in [-0.15, -0.1) is 0 Å². The predicted octanol–water partition coefficient (Wildman–Crippen LogP) is 2.47. The molecule has 0 heterocycles. The molecule has 0 aliphatic heterocycles. The molecule has 1 N–H and O–H groups in total. The molecule has 1 atom stereocenters. The number of phenolic OH excluding ortho intramolecular Hbond substituents is 1. The van der Waals surface area contributed by atoms with Crippen molar-refractivity contribution in [2.45, 2.75) is 27.2 Å². The molecule has 0 fully saturated rings. The largest absolute Gasteiger partial charge is 0.508 e. The lowest BCUT2D eigenvalue weighted by molar-refractivity contribution is -0.120. The van der Waals surface area contributed by atoms with Crippen LogP contribution >= 0.6 is 0 Å². The summed E-state index contributed by atoms with van der Waals surface area (Å²) >= 11 is 0. The first kappa shape index (κ1) is 10.8. The number of aryl methyl sites for hydroxylation is 1. The summed E-state index contributed by atoms with van der Waals surface area (Å²) in [5.74, 6) is 0.568. The lowest BCUT2D eigenvalue weighted by Gasteiger charge is -2.08. The van der Waals surface area contributed by atoms with Gasteiger partial charge in [0.2, 0.25) is 0 Å². The van der Waals surface area contributed by atoms with E-state index in [0.29, 0.717) is 5.75 Å². The molecule has 76 valence electrons. The maximum Gasteiger partial charge on any atom is 0.132 e. The van der Waals surface area contributed by atoms with E-state index in [1.165, 1.54) is 0 Å². The Kier molecular flexibility index (Phi) is 3.28. The molecule has 0 amide bonds. The smallest absolute Gasteiger partial charge is 0.132 e. The highest BCUT2D eigenvalue weighted by Crippen LogP contribution is 2.19. The summed E-state index contributed by atoms with van der Waals surface area (Å²) < 4.78 is 0. The fourth-order valence-electron chi connectivity index (χ4n) is 1.34. The number of ketones is 1. The number of rotatable bonds is 3. The second kappa shape index (κ2) is 4.27. The molecule has 1 aromatic rings. The Morgan fingerprint density at radius 1 is 1.50 bits per heavy atom. The van der Waals surface area contributed by atoms with Gasteiger partial charge in [0.05, 0.1) is 0 Å². The van der Waals surface area contributed by atoms with E-state index < -0.39 is 0 Å². The molecule has 2 nitrogen and oxygen atoms in total. The number of aromatic hydroxyl groups is 1. The van der Waals surface area contributed by atoms with Gasteiger partial charge in [-0.05, 0) is 37.5 Å². The Labute approximate surface area is 84.6 Å². The van der Waals surface area contributed by atoms with Crippen molar-refractivity contribution in [2.75, 3.05) is 0 Å². The van der Waals surface area contributed by atoms with Gasteiger partial charge in [-0.1, -0.05) is 19.1 Å². The van der Waals surface area contributed by atoms with Crippen molar-refractivity contribution in [1.29, 1.82) is 0 Å². The van der Waals surface area contributed by atoms with Gasteiger partial charge in [0.1, 0.15) is 11.5 Å². The molecular formula is C12H16O2. The van der Waals surface area contributed by atoms with Crippen molar-refractivity contribution >= 4 is 5.78 Å². The first-order chi connectivity index (χ1) is 6.50. The molecule has 0 saturated carbocycles. The van der Waals surface area contributed by atoms with Crippen LogP contribution in [0.5, 0.6) is 5.75 Å². The highest BCUT2D eigenvalue weighted by atomic mass is 16.3. The second-order valence-corrected chi connectivity index (χ2v) is 3.84. The molecule has 1 aromatic carbocycles. The van der Waals surface area contributed by atoms with E-state index in [1.54, 1.807) is 13.0 Å². The minimum absolute atomic E-state index is 0.0546. The zero-order chi connectivity index (χ0) is 10.7. The average Bonchev–Trinajstić information content (AvgIpc) is 2.11. The maximum atomic E-state index is 11.1. The summed E-state index contributed by atoms with van der Waals surface area (Å²) in [6, 6.07) is 5.47. The molecular weight excluding hydrogens is 176 g/mol. The van der Waals surface area contributed by atoms with Crippen molar-refractivity contribution in [1.82, 2.24) is 0 Å². The first-order valence-corrected chi connectivity index (χ1v) is 4.79. The number of hydrogen-bond acceptors (Lipinski definition) is 2. The molecule has 1 unspecified atom stereocenters. The van der Waals surface area contributed by atoms with Gasteiger partial charge in [-0.25, -0.2) is 0 Å². The van der Waals surface area contributed by atoms with Crippen LogP contribution in [0.1, 0.15) is 25.0 Å². The molecule has 0 radical (unpaired) electrons. The number of benzene rings is 1. The van der Waals surface area contributed by atoms with E-state index in [0.717, 1.165) is 17.5 Å². The quantitative estimate of drug-likeness (QED) is 0.798. The van der Waals surface area contributed by atoms with E-state index in [4.69, 9.17) is 0 Å². The summed E-state index contributed by atoms with van der Waals surface area (Å²) in [4.78, 5) is 11.1. The van der Waals surface area contributed by atoms with Crippen LogP contribution in [0.25, 0.3) is 0 Å². The fraction of sp³-hybridized carbons (Fsp3) is 0.417. The van der Waals surface area contributed by atoms with E-state index in [2.05, 4.69) is 0 Å². The third-order valence-electron chi connectivity index (χ3n) is 2.50. The van der Waals surface area contributed by atoms with Crippen LogP contribution in [0.4, 0.5) is 0 Å². The van der Waals surface area contributed by atoms with Crippen LogP contribution in [0.3, 0.4) is 0 Å². The van der Waals surface area contributed by atoms with Gasteiger partial charge < -0.3 is 5.11 Å². The van der Waals surface area contributed by atoms with Gasteiger partial charge in [0.25, 0.3) is 0 Å². The Bertz CT molecular complexity index is 342. The summed E-state index contributed by atoms with van der Waals surface area (Å²) in [7, 11) is 0. The summed E-state index contributed by atoms with van der Waals surface area (Å²) in [6.45, 7) is 5.39. The van der Waals surface area contributed by atoms with E-state index in [1.807, 2.05) is 26.0 Å². The zero-order valence-corrected chi connectivity index (χ0v) is 8.87. The topological polar surface area (TPSA) is 37.3 Å². The number of carbonyl (C=O) groups excluding carboxylic acids is 1. The lowest BCUT2D eigenvalue weighted by atomic mass is 9.97. The SMILES string of the molecule is CC(=O)C(C)Cc1ccc(O)c(C)c1. The molecule has 0 saturated heterocycles. The zero-order valence-electron chi connectivity index (χ0n) is 8.87. The van der Waals surface area contributed by atoms with Gasteiger partial charge in [-0.3, -0.25) is 4.79 Å². The average molecular weight is 192 g/mol. The molecule has 1 rings (SSSR count). The minimum atomic E-state index is 0.0546. The molecule has 0 spiro atoms. The third-order valence-corrected chi connectivity index (χ3v) is 2.50. The molecule has 2 heteroatoms. The van der Waals surface area contributed by atoms with Crippen molar-refractivity contribution in [3.8, 4) is 5.75 Å². The Morgan fingerprint density at radius 2 is 2.14 bits per heavy atom. The molecule has 14 heavy (non-hydrogen) atoms. The van der Waals surface area contributed by atoms with Crippen LogP contribution < -0.4 is 0 Å². The lowest BCUT2D eigenvalue weighted by Crippen LogP contribution is -2.09. The van der Waals surface area contributed by atoms with Crippen molar-refractivity contribution in [2.24, 2.45) is 5.92 Å². The molecule has 0 aliphatic carbocycles. The van der Waals surface area contributed by atoms with E-state index in [-0.39, 0.29) is 11.7 Å². The third kappa shape index (κ3) is 2.59. The van der Waals surface area contributed by atoms with Crippen molar-refractivity contribution < 1.29 is 9.90 Å². The monoisotopic (exact) mass is 192 g/mol. The number of Topliss-reactive ketones (excluding diaryl/α,β-unsaturated/α-hetero) is 1. The Hall–Kier alpha value is -1.31. The van der Waals surface area contributed by atoms with Crippen molar-refractivity contribution in [3.05, 3.63) is 29.3 Å². The fourth-order valence-corrected chi connectivity index (χ4v) is 1.34. The van der Waals surface area contributed by atoms with Gasteiger partial charge in [0, 0.05) is 5.92 Å². The summed E-state index contributed by atoms with van der Waals surface area (Å²) in [5, 5.41) is 9.32. The molecule has 0 bridgehead atoms. The first-order valence-electron chi connectivity index (χ1n) is 4.79. The van der Waals surface area contributed by atoms with Gasteiger partial charge >= 0.3 is 0 Å². The number of carbonyl (C=O) groups is 1. The van der Waals surface area contributed by atoms with Crippen molar-refractivity contribution in [3.63, 3.8) is 0 Å². The second-order valence-electron chi connectivity index (χ2n) is 3.84. The number of phenols is 1. The standard InChI is InChI=1S/C12H16O2/c1-8(10(3)13)6-11-4-5-12(14)9(2)7-11/h4-5,7-8,14H,6H2,1-3H3. The highest BCUT2D eigenvalue weighted by Gasteiger charge is 2.08. The predicted molar refractivity (Wildman–Crippen MR) is 56.4 cm³/mol. The Morgan fingerprint density at radius 3 is 2.64 bits per heavy atom. The summed E-state index contributed by atoms with van der Waals surface area (Å²) in [6.07, 6.45) is 0.746. The van der Waals surface area contributed by atoms with Crippen LogP contribution in [-0.4, -0.2) is 10.9 Å². The van der Waals surface area contributed by atoms with Gasteiger partial charge in [0.15, 0.2) is 0 Å². The van der Waals surface area contributed by atoms with E-state index >= 15 is 0 Å². The van der Waals surface area contributed by atoms with Crippen LogP contribution in [0.15, 0.2) is 18.2 Å². The minimum Gasteiger partial charge on any atom is -0.508 e. The van der Waals surface area contributed by atoms with Crippen LogP contribution in [0.2, 0.25) is 0 Å². The van der Waals surface area contributed by atoms with Gasteiger partial charge in [-0.2, -0.15) is 0 Å². The maximum absolute atomic E-state index is 11.1. The highest BCUT2D eigenvalue weighted by molar-refractivity contribution is 5.78. The van der Waals surface area contributed by atoms with Crippen LogP contribution in [0, 0.1) is 12.8 Å². The van der Waals surface area contributed by atoms with E-state index in [9.17, 15) is 9.90 Å². The summed E-state index contributed by atoms with van der Waals surface area (Å²) in [5.41, 5.74) is 1.96. The Balaban J connectivity index is 2.78. The molecule has 0 aromatic heterocycles. The molecule has 0 aliphatic rings.